The molecule has 0 saturated heterocycles. The molecule has 0 saturated carbocycles. The fraction of sp³-hybridized carbons (Fsp3) is 0.182. The smallest absolute Gasteiger partial charge is 0.130 e. The van der Waals surface area contributed by atoms with Crippen molar-refractivity contribution in [3.8, 4) is 0 Å². The maximum Gasteiger partial charge on any atom is 0.130 e. The van der Waals surface area contributed by atoms with Crippen LogP contribution >= 0.6 is 17.0 Å². The van der Waals surface area contributed by atoms with Crippen LogP contribution in [0.5, 0.6) is 0 Å². The van der Waals surface area contributed by atoms with E-state index >= 15 is 0 Å². The van der Waals surface area contributed by atoms with E-state index in [4.69, 9.17) is 5.84 Å². The molecule has 0 radical (unpaired) electrons. The third-order valence-corrected chi connectivity index (χ3v) is 4.17. The van der Waals surface area contributed by atoms with Crippen LogP contribution in [0.15, 0.2) is 70.3 Å². The Balaban J connectivity index is 0.00000261. The molecule has 0 atom stereocenters. The van der Waals surface area contributed by atoms with Crippen LogP contribution in [0.4, 0.5) is 0 Å². The number of hydrogen-bond donors (Lipinski definition) is 2. The summed E-state index contributed by atoms with van der Waals surface area (Å²) in [4.78, 5) is 4.56. The first kappa shape index (κ1) is 20.6. The summed E-state index contributed by atoms with van der Waals surface area (Å²) in [6, 6.07) is 16.6. The van der Waals surface area contributed by atoms with Crippen LogP contribution in [0, 0.1) is 13.8 Å². The van der Waals surface area contributed by atoms with E-state index in [2.05, 4.69) is 71.7 Å². The lowest BCUT2D eigenvalue weighted by Gasteiger charge is -2.09. The first-order chi connectivity index (χ1) is 12.7. The van der Waals surface area contributed by atoms with E-state index in [-0.39, 0.29) is 17.0 Å². The first-order valence-electron chi connectivity index (χ1n) is 8.76. The molecule has 0 spiro atoms. The quantitative estimate of drug-likeness (QED) is 0.427. The Labute approximate surface area is 171 Å². The largest absolute Gasteiger partial charge is 0.368 e. The number of rotatable bonds is 5. The Kier molecular flexibility index (Phi) is 7.55. The van der Waals surface area contributed by atoms with Crippen LogP contribution < -0.4 is 11.2 Å². The summed E-state index contributed by atoms with van der Waals surface area (Å²) in [5.41, 5.74) is 6.24. The molecular formula is C22H25BrN4. The fourth-order valence-electron chi connectivity index (χ4n) is 2.92. The van der Waals surface area contributed by atoms with Crippen molar-refractivity contribution in [1.29, 1.82) is 0 Å². The van der Waals surface area contributed by atoms with E-state index in [9.17, 15) is 0 Å². The van der Waals surface area contributed by atoms with Gasteiger partial charge in [-0.25, -0.2) is 0 Å². The third-order valence-electron chi connectivity index (χ3n) is 4.17. The molecule has 27 heavy (non-hydrogen) atoms. The number of aryl methyl sites for hydroxylation is 2. The van der Waals surface area contributed by atoms with Crippen LogP contribution in [-0.2, 0) is 0 Å². The van der Waals surface area contributed by atoms with Crippen molar-refractivity contribution >= 4 is 40.7 Å². The third kappa shape index (κ3) is 5.66. The number of benzene rings is 2. The summed E-state index contributed by atoms with van der Waals surface area (Å²) in [6.45, 7) is 5.76. The molecule has 1 heterocycles. The molecule has 0 bridgehead atoms. The van der Waals surface area contributed by atoms with Crippen molar-refractivity contribution in [2.45, 2.75) is 13.8 Å². The number of nitrogens with zero attached hydrogens (tertiary/aromatic N) is 2. The van der Waals surface area contributed by atoms with E-state index < -0.39 is 0 Å². The highest BCUT2D eigenvalue weighted by atomic mass is 79.9. The van der Waals surface area contributed by atoms with Gasteiger partial charge in [-0.15, -0.1) is 17.0 Å². The summed E-state index contributed by atoms with van der Waals surface area (Å²) in [7, 11) is 0. The molecule has 0 aliphatic carbocycles. The number of nitrogens with one attached hydrogen (secondary N) is 1. The molecule has 1 aliphatic heterocycles. The van der Waals surface area contributed by atoms with Gasteiger partial charge in [-0.05, 0) is 37.1 Å². The summed E-state index contributed by atoms with van der Waals surface area (Å²) < 4.78 is 0. The minimum absolute atomic E-state index is 0. The van der Waals surface area contributed by atoms with Gasteiger partial charge in [0.15, 0.2) is 0 Å². The van der Waals surface area contributed by atoms with Gasteiger partial charge in [-0.3, -0.25) is 4.99 Å². The number of nitrogens with two attached hydrogens (primary N) is 1. The molecule has 0 unspecified atom stereocenters. The Morgan fingerprint density at radius 2 is 1.74 bits per heavy atom. The highest BCUT2D eigenvalue weighted by molar-refractivity contribution is 8.93. The SMILES string of the molecule is Br.Cc1cccc(C=CC(=NN)C(=Cc2cccc(C)c2)C2=NCCN2)c1. The van der Waals surface area contributed by atoms with Crippen molar-refractivity contribution in [2.24, 2.45) is 15.9 Å². The monoisotopic (exact) mass is 424 g/mol. The zero-order valence-electron chi connectivity index (χ0n) is 15.6. The zero-order valence-corrected chi connectivity index (χ0v) is 17.4. The number of hydrogen-bond acceptors (Lipinski definition) is 4. The second-order valence-electron chi connectivity index (χ2n) is 6.39. The van der Waals surface area contributed by atoms with Crippen molar-refractivity contribution in [1.82, 2.24) is 5.32 Å². The number of hydrazone groups is 1. The van der Waals surface area contributed by atoms with E-state index in [1.165, 1.54) is 11.1 Å². The molecular weight excluding hydrogens is 400 g/mol. The van der Waals surface area contributed by atoms with Gasteiger partial charge < -0.3 is 11.2 Å². The molecule has 5 heteroatoms. The molecule has 0 fully saturated rings. The van der Waals surface area contributed by atoms with E-state index in [0.717, 1.165) is 35.6 Å². The van der Waals surface area contributed by atoms with Gasteiger partial charge in [0.2, 0.25) is 0 Å². The van der Waals surface area contributed by atoms with Gasteiger partial charge in [-0.2, -0.15) is 5.10 Å². The predicted molar refractivity (Wildman–Crippen MR) is 122 cm³/mol. The van der Waals surface area contributed by atoms with Crippen molar-refractivity contribution in [3.63, 3.8) is 0 Å². The molecule has 1 aliphatic rings. The highest BCUT2D eigenvalue weighted by Gasteiger charge is 2.15. The lowest BCUT2D eigenvalue weighted by Crippen LogP contribution is -2.24. The number of amidine groups is 1. The highest BCUT2D eigenvalue weighted by Crippen LogP contribution is 2.15. The second kappa shape index (κ2) is 9.88. The Morgan fingerprint density at radius 1 is 1.07 bits per heavy atom. The molecule has 2 aromatic carbocycles. The lowest BCUT2D eigenvalue weighted by molar-refractivity contribution is 0.960. The molecule has 4 nitrogen and oxygen atoms in total. The summed E-state index contributed by atoms with van der Waals surface area (Å²) in [6.07, 6.45) is 6.05. The summed E-state index contributed by atoms with van der Waals surface area (Å²) in [5, 5.41) is 7.35. The van der Waals surface area contributed by atoms with Gasteiger partial charge in [0.1, 0.15) is 5.84 Å². The van der Waals surface area contributed by atoms with E-state index in [1.807, 2.05) is 24.3 Å². The molecule has 2 aromatic rings. The van der Waals surface area contributed by atoms with Gasteiger partial charge in [0.25, 0.3) is 0 Å². The molecule has 0 aromatic heterocycles. The van der Waals surface area contributed by atoms with E-state index in [1.54, 1.807) is 0 Å². The molecule has 3 N–H and O–H groups in total. The van der Waals surface area contributed by atoms with Crippen LogP contribution in [0.1, 0.15) is 22.3 Å². The van der Waals surface area contributed by atoms with Gasteiger partial charge in [-0.1, -0.05) is 65.7 Å². The fourth-order valence-corrected chi connectivity index (χ4v) is 2.92. The topological polar surface area (TPSA) is 62.8 Å². The van der Waals surface area contributed by atoms with Gasteiger partial charge >= 0.3 is 0 Å². The Bertz CT molecular complexity index is 910. The normalized spacial score (nSPS) is 14.7. The zero-order chi connectivity index (χ0) is 18.4. The van der Waals surface area contributed by atoms with Crippen molar-refractivity contribution in [3.05, 3.63) is 82.4 Å². The van der Waals surface area contributed by atoms with Crippen LogP contribution in [0.25, 0.3) is 12.2 Å². The Hall–Kier alpha value is -2.66. The molecule has 140 valence electrons. The van der Waals surface area contributed by atoms with Crippen LogP contribution in [0.3, 0.4) is 0 Å². The van der Waals surface area contributed by atoms with E-state index in [0.29, 0.717) is 5.71 Å². The minimum atomic E-state index is 0. The summed E-state index contributed by atoms with van der Waals surface area (Å²) >= 11 is 0. The summed E-state index contributed by atoms with van der Waals surface area (Å²) in [5.74, 6) is 6.57. The van der Waals surface area contributed by atoms with Gasteiger partial charge in [0.05, 0.1) is 12.3 Å². The standard InChI is InChI=1S/C22H24N4.BrH/c1-16-5-3-7-18(13-16)9-10-21(26-23)20(22-24-11-12-25-22)15-19-8-4-6-17(2)14-19;/h3-10,13-15H,11-12,23H2,1-2H3,(H,24,25);1H. The van der Waals surface area contributed by atoms with Crippen LogP contribution in [-0.4, -0.2) is 24.6 Å². The molecule has 0 amide bonds. The maximum atomic E-state index is 5.73. The second-order valence-corrected chi connectivity index (χ2v) is 6.39. The van der Waals surface area contributed by atoms with Gasteiger partial charge in [0, 0.05) is 12.1 Å². The van der Waals surface area contributed by atoms with Crippen molar-refractivity contribution < 1.29 is 0 Å². The minimum Gasteiger partial charge on any atom is -0.368 e. The maximum absolute atomic E-state index is 5.73. The average Bonchev–Trinajstić information content (AvgIpc) is 3.16. The number of aliphatic imine (C=N–C) groups is 1. The average molecular weight is 425 g/mol. The Morgan fingerprint density at radius 3 is 2.33 bits per heavy atom. The van der Waals surface area contributed by atoms with Crippen LogP contribution in [0.2, 0.25) is 0 Å². The number of halogens is 1. The first-order valence-corrected chi connectivity index (χ1v) is 8.76. The number of allylic oxidation sites excluding steroid dienone is 1. The molecule has 3 rings (SSSR count). The lowest BCUT2D eigenvalue weighted by atomic mass is 10.0. The predicted octanol–water partition coefficient (Wildman–Crippen LogP) is 4.29. The van der Waals surface area contributed by atoms with Crippen molar-refractivity contribution in [2.75, 3.05) is 13.1 Å².